The number of nitrogens with zero attached hydrogens (tertiary/aromatic N) is 5. The lowest BCUT2D eigenvalue weighted by atomic mass is 9.95. The SMILES string of the molecule is COCc1c(-c2nc(-c3ccc(CN(C)C)cc3)no2)cnn1C1CCCCC1. The molecule has 4 rings (SSSR count). The van der Waals surface area contributed by atoms with Crippen LogP contribution in [-0.2, 0) is 17.9 Å². The molecule has 0 unspecified atom stereocenters. The van der Waals surface area contributed by atoms with E-state index >= 15 is 0 Å². The van der Waals surface area contributed by atoms with E-state index in [-0.39, 0.29) is 0 Å². The second-order valence-corrected chi connectivity index (χ2v) is 8.03. The zero-order valence-electron chi connectivity index (χ0n) is 17.5. The van der Waals surface area contributed by atoms with Gasteiger partial charge in [0.25, 0.3) is 5.89 Å². The predicted molar refractivity (Wildman–Crippen MR) is 111 cm³/mol. The number of hydrogen-bond donors (Lipinski definition) is 0. The van der Waals surface area contributed by atoms with E-state index in [0.29, 0.717) is 24.4 Å². The summed E-state index contributed by atoms with van der Waals surface area (Å²) in [6.45, 7) is 1.38. The zero-order chi connectivity index (χ0) is 20.2. The first-order valence-corrected chi connectivity index (χ1v) is 10.3. The molecule has 7 nitrogen and oxygen atoms in total. The van der Waals surface area contributed by atoms with E-state index in [0.717, 1.165) is 36.2 Å². The Balaban J connectivity index is 1.59. The summed E-state index contributed by atoms with van der Waals surface area (Å²) in [6, 6.07) is 8.70. The molecule has 0 spiro atoms. The van der Waals surface area contributed by atoms with Gasteiger partial charge >= 0.3 is 0 Å². The van der Waals surface area contributed by atoms with Gasteiger partial charge in [-0.15, -0.1) is 0 Å². The maximum Gasteiger partial charge on any atom is 0.261 e. The summed E-state index contributed by atoms with van der Waals surface area (Å²) < 4.78 is 13.2. The second-order valence-electron chi connectivity index (χ2n) is 8.03. The molecular weight excluding hydrogens is 366 g/mol. The predicted octanol–water partition coefficient (Wildman–Crippen LogP) is 4.31. The van der Waals surface area contributed by atoms with Crippen molar-refractivity contribution < 1.29 is 9.26 Å². The molecule has 29 heavy (non-hydrogen) atoms. The van der Waals surface area contributed by atoms with E-state index in [1.54, 1.807) is 7.11 Å². The molecule has 0 amide bonds. The average Bonchev–Trinajstić information content (AvgIpc) is 3.36. The Morgan fingerprint density at radius 2 is 1.90 bits per heavy atom. The van der Waals surface area contributed by atoms with E-state index < -0.39 is 0 Å². The molecule has 2 aromatic heterocycles. The van der Waals surface area contributed by atoms with Gasteiger partial charge < -0.3 is 14.2 Å². The molecule has 7 heteroatoms. The summed E-state index contributed by atoms with van der Waals surface area (Å²) in [4.78, 5) is 6.79. The number of ether oxygens (including phenoxy) is 1. The molecule has 1 saturated carbocycles. The molecule has 0 bridgehead atoms. The minimum atomic E-state index is 0.425. The lowest BCUT2D eigenvalue weighted by Crippen LogP contribution is -2.17. The molecule has 1 aliphatic carbocycles. The standard InChI is InChI=1S/C22H29N5O2/c1-26(2)14-16-9-11-17(12-10-16)21-24-22(29-25-21)19-13-23-27(20(19)15-28-3)18-7-5-4-6-8-18/h9-13,18H,4-8,14-15H2,1-3H3. The molecule has 0 atom stereocenters. The van der Waals surface area contributed by atoms with Gasteiger partial charge in [0.15, 0.2) is 0 Å². The fourth-order valence-electron chi connectivity index (χ4n) is 4.06. The average molecular weight is 396 g/mol. The van der Waals surface area contributed by atoms with E-state index in [2.05, 4.69) is 51.0 Å². The quantitative estimate of drug-likeness (QED) is 0.594. The van der Waals surface area contributed by atoms with Gasteiger partial charge in [0.1, 0.15) is 0 Å². The molecule has 0 radical (unpaired) electrons. The second kappa shape index (κ2) is 8.88. The van der Waals surface area contributed by atoms with Crippen LogP contribution in [0.15, 0.2) is 35.0 Å². The minimum absolute atomic E-state index is 0.425. The van der Waals surface area contributed by atoms with E-state index in [9.17, 15) is 0 Å². The van der Waals surface area contributed by atoms with Crippen LogP contribution in [0.1, 0.15) is 49.4 Å². The Morgan fingerprint density at radius 3 is 2.59 bits per heavy atom. The van der Waals surface area contributed by atoms with Crippen molar-refractivity contribution in [3.05, 3.63) is 41.7 Å². The maximum atomic E-state index is 5.61. The van der Waals surface area contributed by atoms with Crippen molar-refractivity contribution in [2.45, 2.75) is 51.3 Å². The lowest BCUT2D eigenvalue weighted by molar-refractivity contribution is 0.171. The van der Waals surface area contributed by atoms with Crippen LogP contribution in [0.5, 0.6) is 0 Å². The van der Waals surface area contributed by atoms with Gasteiger partial charge in [0, 0.05) is 19.2 Å². The highest BCUT2D eigenvalue weighted by atomic mass is 16.5. The normalized spacial score (nSPS) is 15.3. The van der Waals surface area contributed by atoms with Crippen LogP contribution in [0.3, 0.4) is 0 Å². The third-order valence-corrected chi connectivity index (χ3v) is 5.47. The Bertz CT molecular complexity index is 923. The van der Waals surface area contributed by atoms with E-state index in [4.69, 9.17) is 9.26 Å². The number of aromatic nitrogens is 4. The van der Waals surface area contributed by atoms with Crippen molar-refractivity contribution in [2.75, 3.05) is 21.2 Å². The van der Waals surface area contributed by atoms with Crippen molar-refractivity contribution >= 4 is 0 Å². The van der Waals surface area contributed by atoms with Gasteiger partial charge in [-0.25, -0.2) is 0 Å². The zero-order valence-corrected chi connectivity index (χ0v) is 17.5. The fourth-order valence-corrected chi connectivity index (χ4v) is 4.06. The van der Waals surface area contributed by atoms with Crippen molar-refractivity contribution in [2.24, 2.45) is 0 Å². The van der Waals surface area contributed by atoms with Crippen molar-refractivity contribution in [3.8, 4) is 22.8 Å². The number of methoxy groups -OCH3 is 1. The van der Waals surface area contributed by atoms with Crippen LogP contribution >= 0.6 is 0 Å². The first-order chi connectivity index (χ1) is 14.2. The van der Waals surface area contributed by atoms with Crippen LogP contribution in [0, 0.1) is 0 Å². The number of hydrogen-bond acceptors (Lipinski definition) is 6. The largest absolute Gasteiger partial charge is 0.378 e. The number of rotatable bonds is 7. The molecule has 0 N–H and O–H groups in total. The summed E-state index contributed by atoms with van der Waals surface area (Å²) >= 11 is 0. The first-order valence-electron chi connectivity index (χ1n) is 10.3. The van der Waals surface area contributed by atoms with Crippen LogP contribution in [0.2, 0.25) is 0 Å². The van der Waals surface area contributed by atoms with Gasteiger partial charge in [0.05, 0.1) is 30.1 Å². The van der Waals surface area contributed by atoms with Crippen LogP contribution < -0.4 is 0 Å². The third-order valence-electron chi connectivity index (χ3n) is 5.47. The van der Waals surface area contributed by atoms with E-state index in [1.807, 2.05) is 18.3 Å². The molecule has 1 aliphatic rings. The summed E-state index contributed by atoms with van der Waals surface area (Å²) in [7, 11) is 5.82. The van der Waals surface area contributed by atoms with Crippen LogP contribution in [-0.4, -0.2) is 46.0 Å². The molecule has 1 fully saturated rings. The highest BCUT2D eigenvalue weighted by Crippen LogP contribution is 2.33. The van der Waals surface area contributed by atoms with Gasteiger partial charge in [-0.1, -0.05) is 48.7 Å². The van der Waals surface area contributed by atoms with Crippen LogP contribution in [0.25, 0.3) is 22.8 Å². The molecule has 0 aliphatic heterocycles. The van der Waals surface area contributed by atoms with Gasteiger partial charge in [-0.05, 0) is 32.5 Å². The molecule has 1 aromatic carbocycles. The summed E-state index contributed by atoms with van der Waals surface area (Å²) in [5, 5.41) is 8.86. The summed E-state index contributed by atoms with van der Waals surface area (Å²) in [5.41, 5.74) is 4.06. The third kappa shape index (κ3) is 4.41. The highest BCUT2D eigenvalue weighted by Gasteiger charge is 2.24. The van der Waals surface area contributed by atoms with Crippen LogP contribution in [0.4, 0.5) is 0 Å². The summed E-state index contributed by atoms with van der Waals surface area (Å²) in [5.74, 6) is 1.08. The Hall–Kier alpha value is -2.51. The smallest absolute Gasteiger partial charge is 0.261 e. The topological polar surface area (TPSA) is 69.2 Å². The monoisotopic (exact) mass is 395 g/mol. The highest BCUT2D eigenvalue weighted by molar-refractivity contribution is 5.61. The van der Waals surface area contributed by atoms with E-state index in [1.165, 1.54) is 24.8 Å². The molecule has 2 heterocycles. The first kappa shape index (κ1) is 19.8. The minimum Gasteiger partial charge on any atom is -0.378 e. The lowest BCUT2D eigenvalue weighted by Gasteiger charge is -2.24. The Kier molecular flexibility index (Phi) is 6.06. The fraction of sp³-hybridized carbons (Fsp3) is 0.500. The molecule has 0 saturated heterocycles. The van der Waals surface area contributed by atoms with Crippen molar-refractivity contribution in [1.29, 1.82) is 0 Å². The Morgan fingerprint density at radius 1 is 1.14 bits per heavy atom. The van der Waals surface area contributed by atoms with Gasteiger partial charge in [-0.3, -0.25) is 4.68 Å². The number of benzene rings is 1. The molecule has 3 aromatic rings. The summed E-state index contributed by atoms with van der Waals surface area (Å²) in [6.07, 6.45) is 7.96. The van der Waals surface area contributed by atoms with Gasteiger partial charge in [-0.2, -0.15) is 10.1 Å². The molecule has 154 valence electrons. The maximum absolute atomic E-state index is 5.61. The molecular formula is C22H29N5O2. The Labute approximate surface area is 171 Å². The van der Waals surface area contributed by atoms with Crippen molar-refractivity contribution in [3.63, 3.8) is 0 Å². The van der Waals surface area contributed by atoms with Crippen molar-refractivity contribution in [1.82, 2.24) is 24.8 Å². The van der Waals surface area contributed by atoms with Gasteiger partial charge in [0.2, 0.25) is 5.82 Å².